The monoisotopic (exact) mass is 415 g/mol. The number of nitro groups is 1. The fraction of sp³-hybridized carbons (Fsp3) is 0.333. The Morgan fingerprint density at radius 1 is 1.20 bits per heavy atom. The minimum atomic E-state index is -0.874. The second-order valence-electron chi connectivity index (χ2n) is 6.49. The van der Waals surface area contributed by atoms with E-state index in [1.165, 1.54) is 19.2 Å². The van der Waals surface area contributed by atoms with Gasteiger partial charge in [0.1, 0.15) is 11.3 Å². The first-order chi connectivity index (χ1) is 14.3. The van der Waals surface area contributed by atoms with Crippen molar-refractivity contribution in [2.75, 3.05) is 38.3 Å². The number of methoxy groups -OCH3 is 1. The molecule has 0 aliphatic heterocycles. The minimum absolute atomic E-state index is 0.115. The van der Waals surface area contributed by atoms with E-state index in [4.69, 9.17) is 9.47 Å². The summed E-state index contributed by atoms with van der Waals surface area (Å²) < 4.78 is 10.0. The molecular weight excluding hydrogens is 390 g/mol. The van der Waals surface area contributed by atoms with Gasteiger partial charge in [0.05, 0.1) is 12.0 Å². The highest BCUT2D eigenvalue weighted by atomic mass is 16.6. The topological polar surface area (TPSA) is 111 Å². The summed E-state index contributed by atoms with van der Waals surface area (Å²) in [6.07, 6.45) is 0. The molecule has 0 aromatic heterocycles. The van der Waals surface area contributed by atoms with E-state index in [1.54, 1.807) is 0 Å². The number of aryl methyl sites for hydroxylation is 1. The van der Waals surface area contributed by atoms with E-state index in [2.05, 4.69) is 16.3 Å². The quantitative estimate of drug-likeness (QED) is 0.361. The maximum atomic E-state index is 12.2. The number of non-ortho nitro benzene ring substituents is 1. The molecule has 0 unspecified atom stereocenters. The van der Waals surface area contributed by atoms with Gasteiger partial charge in [-0.2, -0.15) is 0 Å². The first kappa shape index (κ1) is 22.7. The van der Waals surface area contributed by atoms with Crippen LogP contribution in [0.15, 0.2) is 42.5 Å². The molecular formula is C21H25N3O6. The third kappa shape index (κ3) is 6.20. The number of ether oxygens (including phenoxy) is 2. The summed E-state index contributed by atoms with van der Waals surface area (Å²) in [7, 11) is 1.33. The van der Waals surface area contributed by atoms with Crippen LogP contribution in [0.2, 0.25) is 0 Å². The van der Waals surface area contributed by atoms with Crippen molar-refractivity contribution in [3.8, 4) is 5.75 Å². The lowest BCUT2D eigenvalue weighted by atomic mass is 10.2. The average Bonchev–Trinajstić information content (AvgIpc) is 2.74. The number of benzene rings is 2. The third-order valence-corrected chi connectivity index (χ3v) is 4.40. The van der Waals surface area contributed by atoms with E-state index < -0.39 is 23.4 Å². The van der Waals surface area contributed by atoms with Crippen molar-refractivity contribution in [1.82, 2.24) is 5.32 Å². The van der Waals surface area contributed by atoms with Gasteiger partial charge >= 0.3 is 5.97 Å². The Hall–Kier alpha value is -3.62. The van der Waals surface area contributed by atoms with E-state index in [1.807, 2.05) is 32.0 Å². The fourth-order valence-electron chi connectivity index (χ4n) is 2.85. The van der Waals surface area contributed by atoms with Crippen LogP contribution in [0.1, 0.15) is 22.8 Å². The van der Waals surface area contributed by atoms with Crippen molar-refractivity contribution in [2.24, 2.45) is 0 Å². The number of rotatable bonds is 10. The van der Waals surface area contributed by atoms with Crippen LogP contribution in [-0.2, 0) is 9.53 Å². The lowest BCUT2D eigenvalue weighted by Gasteiger charge is -2.23. The number of hydrogen-bond donors (Lipinski definition) is 1. The third-order valence-electron chi connectivity index (χ3n) is 4.40. The van der Waals surface area contributed by atoms with Crippen LogP contribution < -0.4 is 15.0 Å². The van der Waals surface area contributed by atoms with Crippen LogP contribution >= 0.6 is 0 Å². The van der Waals surface area contributed by atoms with Crippen molar-refractivity contribution < 1.29 is 24.0 Å². The number of carbonyl (C=O) groups excluding carboxylic acids is 2. The highest BCUT2D eigenvalue weighted by Crippen LogP contribution is 2.24. The molecule has 0 radical (unpaired) electrons. The molecule has 0 aliphatic carbocycles. The standard InChI is InChI=1S/C21H25N3O6/c1-4-23(16-7-5-6-15(2)12-16)11-10-22-20(25)14-30-21(26)18-13-17(24(27)28)8-9-19(18)29-3/h5-9,12-13H,4,10-11,14H2,1-3H3,(H,22,25). The van der Waals surface area contributed by atoms with E-state index in [-0.39, 0.29) is 17.0 Å². The van der Waals surface area contributed by atoms with E-state index in [9.17, 15) is 19.7 Å². The van der Waals surface area contributed by atoms with Gasteiger partial charge in [0, 0.05) is 37.5 Å². The number of anilines is 1. The summed E-state index contributed by atoms with van der Waals surface area (Å²) in [5.41, 5.74) is 1.83. The highest BCUT2D eigenvalue weighted by Gasteiger charge is 2.19. The summed E-state index contributed by atoms with van der Waals surface area (Å²) in [4.78, 5) is 36.7. The van der Waals surface area contributed by atoms with Gasteiger partial charge in [0.15, 0.2) is 6.61 Å². The molecule has 9 heteroatoms. The molecule has 2 rings (SSSR count). The number of hydrogen-bond acceptors (Lipinski definition) is 7. The molecule has 1 amide bonds. The lowest BCUT2D eigenvalue weighted by molar-refractivity contribution is -0.384. The van der Waals surface area contributed by atoms with Crippen molar-refractivity contribution in [2.45, 2.75) is 13.8 Å². The molecule has 9 nitrogen and oxygen atoms in total. The Morgan fingerprint density at radius 2 is 1.97 bits per heavy atom. The molecule has 0 heterocycles. The second kappa shape index (κ2) is 10.8. The number of nitro benzene ring substituents is 1. The zero-order valence-corrected chi connectivity index (χ0v) is 17.2. The van der Waals surface area contributed by atoms with Crippen LogP contribution in [0.25, 0.3) is 0 Å². The SMILES string of the molecule is CCN(CCNC(=O)COC(=O)c1cc([N+](=O)[O-])ccc1OC)c1cccc(C)c1. The molecule has 0 spiro atoms. The van der Waals surface area contributed by atoms with Crippen molar-refractivity contribution in [3.05, 3.63) is 63.7 Å². The molecule has 2 aromatic rings. The highest BCUT2D eigenvalue weighted by molar-refractivity contribution is 5.94. The molecule has 0 fully saturated rings. The molecule has 0 saturated carbocycles. The van der Waals surface area contributed by atoms with Crippen LogP contribution in [0, 0.1) is 17.0 Å². The Balaban J connectivity index is 1.86. The molecule has 0 saturated heterocycles. The molecule has 1 N–H and O–H groups in total. The average molecular weight is 415 g/mol. The summed E-state index contributed by atoms with van der Waals surface area (Å²) in [5.74, 6) is -1.21. The summed E-state index contributed by atoms with van der Waals surface area (Å²) >= 11 is 0. The van der Waals surface area contributed by atoms with Crippen molar-refractivity contribution in [3.63, 3.8) is 0 Å². The molecule has 0 aliphatic rings. The summed E-state index contributed by atoms with van der Waals surface area (Å²) in [6, 6.07) is 11.7. The first-order valence-electron chi connectivity index (χ1n) is 9.43. The number of carbonyl (C=O) groups is 2. The van der Waals surface area contributed by atoms with E-state index in [0.717, 1.165) is 23.9 Å². The van der Waals surface area contributed by atoms with Gasteiger partial charge in [0.25, 0.3) is 11.6 Å². The molecule has 30 heavy (non-hydrogen) atoms. The molecule has 0 atom stereocenters. The Labute approximate surface area is 174 Å². The zero-order valence-electron chi connectivity index (χ0n) is 17.2. The zero-order chi connectivity index (χ0) is 22.1. The first-order valence-corrected chi connectivity index (χ1v) is 9.43. The Kier molecular flexibility index (Phi) is 8.16. The summed E-state index contributed by atoms with van der Waals surface area (Å²) in [5, 5.41) is 13.6. The maximum Gasteiger partial charge on any atom is 0.342 e. The fourth-order valence-corrected chi connectivity index (χ4v) is 2.85. The van der Waals surface area contributed by atoms with Gasteiger partial charge in [-0.25, -0.2) is 4.79 Å². The van der Waals surface area contributed by atoms with Crippen LogP contribution in [0.4, 0.5) is 11.4 Å². The van der Waals surface area contributed by atoms with Gasteiger partial charge in [-0.3, -0.25) is 14.9 Å². The smallest absolute Gasteiger partial charge is 0.342 e. The molecule has 160 valence electrons. The van der Waals surface area contributed by atoms with Crippen LogP contribution in [0.5, 0.6) is 5.75 Å². The van der Waals surface area contributed by atoms with E-state index >= 15 is 0 Å². The van der Waals surface area contributed by atoms with Gasteiger partial charge in [-0.1, -0.05) is 12.1 Å². The predicted molar refractivity (Wildman–Crippen MR) is 112 cm³/mol. The number of nitrogens with one attached hydrogen (secondary N) is 1. The minimum Gasteiger partial charge on any atom is -0.496 e. The van der Waals surface area contributed by atoms with Gasteiger partial charge in [-0.15, -0.1) is 0 Å². The van der Waals surface area contributed by atoms with Crippen LogP contribution in [-0.4, -0.2) is 50.2 Å². The Bertz CT molecular complexity index is 915. The molecule has 2 aromatic carbocycles. The van der Waals surface area contributed by atoms with Crippen LogP contribution in [0.3, 0.4) is 0 Å². The van der Waals surface area contributed by atoms with E-state index in [0.29, 0.717) is 13.1 Å². The van der Waals surface area contributed by atoms with Crippen molar-refractivity contribution in [1.29, 1.82) is 0 Å². The molecule has 0 bridgehead atoms. The number of esters is 1. The largest absolute Gasteiger partial charge is 0.496 e. The normalized spacial score (nSPS) is 10.2. The lowest BCUT2D eigenvalue weighted by Crippen LogP contribution is -2.36. The number of amides is 1. The number of nitrogens with zero attached hydrogens (tertiary/aromatic N) is 2. The van der Waals surface area contributed by atoms with Gasteiger partial charge in [-0.05, 0) is 37.6 Å². The van der Waals surface area contributed by atoms with Crippen molar-refractivity contribution >= 4 is 23.3 Å². The Morgan fingerprint density at radius 3 is 2.60 bits per heavy atom. The van der Waals surface area contributed by atoms with Gasteiger partial charge in [0.2, 0.25) is 0 Å². The second-order valence-corrected chi connectivity index (χ2v) is 6.49. The summed E-state index contributed by atoms with van der Waals surface area (Å²) in [6.45, 7) is 5.29. The maximum absolute atomic E-state index is 12.2. The van der Waals surface area contributed by atoms with Gasteiger partial charge < -0.3 is 19.7 Å². The predicted octanol–water partition coefficient (Wildman–Crippen LogP) is 2.71. The number of likely N-dealkylation sites (N-methyl/N-ethyl adjacent to an activating group) is 1.